The first-order valence-corrected chi connectivity index (χ1v) is 7.85. The van der Waals surface area contributed by atoms with Gasteiger partial charge >= 0.3 is 6.03 Å². The molecule has 6 heteroatoms. The molecule has 1 aromatic heterocycles. The van der Waals surface area contributed by atoms with Crippen molar-refractivity contribution < 1.29 is 9.59 Å². The minimum absolute atomic E-state index is 0.227. The molecule has 1 atom stereocenters. The number of hydrogen-bond acceptors (Lipinski definition) is 4. The van der Waals surface area contributed by atoms with E-state index in [0.717, 1.165) is 19.4 Å². The van der Waals surface area contributed by atoms with Crippen molar-refractivity contribution in [3.8, 4) is 0 Å². The standard InChI is InChI=1S/C14H21N3O2S/c1-3-11-10-6-9-20-12(10)4-7-17(11)8-5-13(18)16-14(19)15-2/h6,9,11H,3-5,7-8H2,1-2H3,(H2,15,16,18,19)/t11-/m0/s1. The first-order chi connectivity index (χ1) is 9.65. The van der Waals surface area contributed by atoms with Gasteiger partial charge in [-0.25, -0.2) is 4.79 Å². The van der Waals surface area contributed by atoms with Crippen LogP contribution in [0.1, 0.15) is 36.2 Å². The number of carbonyl (C=O) groups is 2. The number of nitrogens with zero attached hydrogens (tertiary/aromatic N) is 1. The van der Waals surface area contributed by atoms with Gasteiger partial charge in [0.25, 0.3) is 0 Å². The Morgan fingerprint density at radius 2 is 2.30 bits per heavy atom. The van der Waals surface area contributed by atoms with Gasteiger partial charge in [-0.05, 0) is 29.9 Å². The highest BCUT2D eigenvalue weighted by Gasteiger charge is 2.26. The van der Waals surface area contributed by atoms with E-state index in [-0.39, 0.29) is 5.91 Å². The predicted octanol–water partition coefficient (Wildman–Crippen LogP) is 1.90. The van der Waals surface area contributed by atoms with Crippen LogP contribution in [0.2, 0.25) is 0 Å². The van der Waals surface area contributed by atoms with Gasteiger partial charge in [0.05, 0.1) is 0 Å². The topological polar surface area (TPSA) is 61.4 Å². The number of rotatable bonds is 4. The van der Waals surface area contributed by atoms with Gasteiger partial charge in [-0.2, -0.15) is 0 Å². The molecule has 0 spiro atoms. The number of carbonyl (C=O) groups excluding carboxylic acids is 2. The third-order valence-corrected chi connectivity index (χ3v) is 4.70. The molecule has 0 saturated carbocycles. The Balaban J connectivity index is 1.90. The van der Waals surface area contributed by atoms with Crippen LogP contribution in [-0.2, 0) is 11.2 Å². The van der Waals surface area contributed by atoms with Gasteiger partial charge in [-0.3, -0.25) is 15.0 Å². The second-order valence-electron chi connectivity index (χ2n) is 4.89. The van der Waals surface area contributed by atoms with Crippen LogP contribution in [0.3, 0.4) is 0 Å². The number of urea groups is 1. The number of amides is 3. The van der Waals surface area contributed by atoms with Crippen molar-refractivity contribution in [2.75, 3.05) is 20.1 Å². The van der Waals surface area contributed by atoms with Crippen LogP contribution in [0.5, 0.6) is 0 Å². The van der Waals surface area contributed by atoms with Gasteiger partial charge in [0.1, 0.15) is 0 Å². The summed E-state index contributed by atoms with van der Waals surface area (Å²) in [6, 6.07) is 2.16. The maximum Gasteiger partial charge on any atom is 0.321 e. The van der Waals surface area contributed by atoms with Crippen molar-refractivity contribution >= 4 is 23.3 Å². The summed E-state index contributed by atoms with van der Waals surface area (Å²) in [5, 5.41) is 6.83. The molecule has 0 unspecified atom stereocenters. The van der Waals surface area contributed by atoms with Crippen molar-refractivity contribution in [1.29, 1.82) is 0 Å². The third-order valence-electron chi connectivity index (χ3n) is 3.70. The smallest absolute Gasteiger partial charge is 0.321 e. The van der Waals surface area contributed by atoms with Crippen LogP contribution >= 0.6 is 11.3 Å². The fourth-order valence-corrected chi connectivity index (χ4v) is 3.62. The van der Waals surface area contributed by atoms with Gasteiger partial charge in [0.15, 0.2) is 0 Å². The van der Waals surface area contributed by atoms with E-state index in [2.05, 4.69) is 33.9 Å². The SMILES string of the molecule is CC[C@H]1c2ccsc2CCN1CCC(=O)NC(=O)NC. The van der Waals surface area contributed by atoms with E-state index >= 15 is 0 Å². The van der Waals surface area contributed by atoms with Crippen LogP contribution < -0.4 is 10.6 Å². The van der Waals surface area contributed by atoms with Crippen molar-refractivity contribution in [3.05, 3.63) is 21.9 Å². The fraction of sp³-hybridized carbons (Fsp3) is 0.571. The molecule has 20 heavy (non-hydrogen) atoms. The Bertz CT molecular complexity index is 487. The lowest BCUT2D eigenvalue weighted by Gasteiger charge is -2.35. The molecular formula is C14H21N3O2S. The minimum Gasteiger partial charge on any atom is -0.341 e. The molecule has 0 radical (unpaired) electrons. The van der Waals surface area contributed by atoms with Crippen LogP contribution in [0, 0.1) is 0 Å². The van der Waals surface area contributed by atoms with E-state index in [0.29, 0.717) is 19.0 Å². The Morgan fingerprint density at radius 3 is 3.00 bits per heavy atom. The van der Waals surface area contributed by atoms with Gasteiger partial charge in [-0.15, -0.1) is 11.3 Å². The lowest BCUT2D eigenvalue weighted by molar-refractivity contribution is -0.120. The van der Waals surface area contributed by atoms with Gasteiger partial charge in [-0.1, -0.05) is 6.92 Å². The average Bonchev–Trinajstić information content (AvgIpc) is 2.92. The Labute approximate surface area is 123 Å². The largest absolute Gasteiger partial charge is 0.341 e. The summed E-state index contributed by atoms with van der Waals surface area (Å²) in [4.78, 5) is 26.5. The number of fused-ring (bicyclic) bond motifs is 1. The lowest BCUT2D eigenvalue weighted by Crippen LogP contribution is -2.41. The highest BCUT2D eigenvalue weighted by atomic mass is 32.1. The van der Waals surface area contributed by atoms with Crippen molar-refractivity contribution in [2.45, 2.75) is 32.2 Å². The molecule has 1 aromatic rings. The van der Waals surface area contributed by atoms with Crippen molar-refractivity contribution in [3.63, 3.8) is 0 Å². The highest BCUT2D eigenvalue weighted by Crippen LogP contribution is 2.34. The zero-order chi connectivity index (χ0) is 14.5. The molecule has 0 saturated heterocycles. The summed E-state index contributed by atoms with van der Waals surface area (Å²) < 4.78 is 0. The molecule has 0 bridgehead atoms. The minimum atomic E-state index is -0.444. The van der Waals surface area contributed by atoms with Crippen molar-refractivity contribution in [2.24, 2.45) is 0 Å². The second-order valence-corrected chi connectivity index (χ2v) is 5.89. The Morgan fingerprint density at radius 1 is 1.50 bits per heavy atom. The van der Waals surface area contributed by atoms with E-state index in [4.69, 9.17) is 0 Å². The molecule has 5 nitrogen and oxygen atoms in total. The summed E-state index contributed by atoms with van der Waals surface area (Å²) in [6.07, 6.45) is 2.45. The number of nitrogens with one attached hydrogen (secondary N) is 2. The van der Waals surface area contributed by atoms with E-state index in [9.17, 15) is 9.59 Å². The monoisotopic (exact) mass is 295 g/mol. The first-order valence-electron chi connectivity index (χ1n) is 6.97. The zero-order valence-electron chi connectivity index (χ0n) is 11.9. The Hall–Kier alpha value is -1.40. The van der Waals surface area contributed by atoms with Crippen LogP contribution in [0.4, 0.5) is 4.79 Å². The number of imide groups is 1. The first kappa shape index (κ1) is 15.0. The maximum atomic E-state index is 11.6. The van der Waals surface area contributed by atoms with E-state index in [1.165, 1.54) is 17.5 Å². The summed E-state index contributed by atoms with van der Waals surface area (Å²) in [5.74, 6) is -0.227. The quantitative estimate of drug-likeness (QED) is 0.892. The predicted molar refractivity (Wildman–Crippen MR) is 79.8 cm³/mol. The third kappa shape index (κ3) is 3.37. The Kier molecular flexibility index (Phi) is 5.14. The van der Waals surface area contributed by atoms with Gasteiger partial charge in [0, 0.05) is 37.5 Å². The number of hydrogen-bond donors (Lipinski definition) is 2. The molecule has 0 aromatic carbocycles. The molecule has 3 amide bonds. The maximum absolute atomic E-state index is 11.6. The summed E-state index contributed by atoms with van der Waals surface area (Å²) in [6.45, 7) is 3.85. The van der Waals surface area contributed by atoms with Gasteiger partial charge in [0.2, 0.25) is 5.91 Å². The van der Waals surface area contributed by atoms with Crippen LogP contribution in [-0.4, -0.2) is 37.0 Å². The van der Waals surface area contributed by atoms with Gasteiger partial charge < -0.3 is 5.32 Å². The molecule has 0 fully saturated rings. The van der Waals surface area contributed by atoms with E-state index < -0.39 is 6.03 Å². The van der Waals surface area contributed by atoms with Crippen molar-refractivity contribution in [1.82, 2.24) is 15.5 Å². The lowest BCUT2D eigenvalue weighted by atomic mass is 9.97. The number of thiophene rings is 1. The summed E-state index contributed by atoms with van der Waals surface area (Å²) in [7, 11) is 1.50. The van der Waals surface area contributed by atoms with Crippen LogP contribution in [0.25, 0.3) is 0 Å². The fourth-order valence-electron chi connectivity index (χ4n) is 2.69. The summed E-state index contributed by atoms with van der Waals surface area (Å²) >= 11 is 1.82. The molecule has 2 N–H and O–H groups in total. The molecule has 110 valence electrons. The average molecular weight is 295 g/mol. The summed E-state index contributed by atoms with van der Waals surface area (Å²) in [5.41, 5.74) is 1.41. The molecular weight excluding hydrogens is 274 g/mol. The molecule has 1 aliphatic heterocycles. The molecule has 2 heterocycles. The van der Waals surface area contributed by atoms with E-state index in [1.807, 2.05) is 11.3 Å². The zero-order valence-corrected chi connectivity index (χ0v) is 12.8. The normalized spacial score (nSPS) is 18.4. The molecule has 0 aliphatic carbocycles. The molecule has 1 aliphatic rings. The van der Waals surface area contributed by atoms with Crippen LogP contribution in [0.15, 0.2) is 11.4 Å². The molecule has 2 rings (SSSR count). The van der Waals surface area contributed by atoms with E-state index in [1.54, 1.807) is 0 Å². The second kappa shape index (κ2) is 6.85. The highest BCUT2D eigenvalue weighted by molar-refractivity contribution is 7.10.